The molecule has 0 aliphatic heterocycles. The molecular weight excluding hydrogens is 214 g/mol. The molecule has 68 valence electrons. The minimum atomic E-state index is 0. The van der Waals surface area contributed by atoms with Crippen molar-refractivity contribution in [3.05, 3.63) is 24.4 Å². The van der Waals surface area contributed by atoms with Gasteiger partial charge in [0.2, 0.25) is 0 Å². The van der Waals surface area contributed by atoms with Gasteiger partial charge in [0.15, 0.2) is 0 Å². The molecule has 0 spiro atoms. The van der Waals surface area contributed by atoms with E-state index < -0.39 is 0 Å². The van der Waals surface area contributed by atoms with Crippen LogP contribution in [0.1, 0.15) is 0 Å². The van der Waals surface area contributed by atoms with E-state index in [1.165, 1.54) is 0 Å². The molecule has 1 heterocycles. The van der Waals surface area contributed by atoms with Crippen LogP contribution in [0.3, 0.4) is 0 Å². The van der Waals surface area contributed by atoms with Crippen LogP contribution in [-0.2, 0) is 0 Å². The Morgan fingerprint density at radius 3 is 2.83 bits per heavy atom. The molecule has 0 aromatic carbocycles. The molecule has 0 aliphatic rings. The number of aromatic nitrogens is 1. The minimum absolute atomic E-state index is 0. The van der Waals surface area contributed by atoms with E-state index in [-0.39, 0.29) is 19.0 Å². The fraction of sp³-hybridized carbons (Fsp3) is 0.286. The van der Waals surface area contributed by atoms with Crippen LogP contribution in [0.4, 0.5) is 0 Å². The summed E-state index contributed by atoms with van der Waals surface area (Å²) in [5.41, 5.74) is 0. The van der Waals surface area contributed by atoms with Crippen LogP contribution in [0.5, 0.6) is 0 Å². The first-order valence-corrected chi connectivity index (χ1v) is 5.57. The maximum absolute atomic E-state index is 8.49. The van der Waals surface area contributed by atoms with E-state index in [0.29, 0.717) is 0 Å². The highest BCUT2D eigenvalue weighted by molar-refractivity contribution is 8.76. The number of nitrogens with zero attached hydrogens (tertiary/aromatic N) is 1. The number of rotatable bonds is 4. The standard InChI is InChI=1S/C7H9NOS2.ClH/c9-5-6-10-11-7-3-1-2-4-8-7;/h1-4,9H,5-6H2;1H. The lowest BCUT2D eigenvalue weighted by Crippen LogP contribution is -1.82. The van der Waals surface area contributed by atoms with Gasteiger partial charge >= 0.3 is 0 Å². The second-order valence-corrected chi connectivity index (χ2v) is 4.23. The van der Waals surface area contributed by atoms with Gasteiger partial charge in [0.1, 0.15) is 5.03 Å². The summed E-state index contributed by atoms with van der Waals surface area (Å²) in [4.78, 5) is 4.11. The second-order valence-electron chi connectivity index (χ2n) is 1.80. The summed E-state index contributed by atoms with van der Waals surface area (Å²) in [5, 5.41) is 9.48. The molecule has 1 N–H and O–H groups in total. The second kappa shape index (κ2) is 7.73. The summed E-state index contributed by atoms with van der Waals surface area (Å²) in [6, 6.07) is 5.80. The molecule has 0 amide bonds. The molecular formula is C7H10ClNOS2. The maximum Gasteiger partial charge on any atom is 0.106 e. The van der Waals surface area contributed by atoms with Gasteiger partial charge in [0, 0.05) is 11.9 Å². The van der Waals surface area contributed by atoms with E-state index in [1.54, 1.807) is 27.8 Å². The molecule has 1 rings (SSSR count). The quantitative estimate of drug-likeness (QED) is 0.627. The van der Waals surface area contributed by atoms with Crippen molar-refractivity contribution in [1.82, 2.24) is 4.98 Å². The molecule has 0 radical (unpaired) electrons. The fourth-order valence-electron chi connectivity index (χ4n) is 0.536. The molecule has 0 saturated carbocycles. The number of aliphatic hydroxyl groups is 1. The number of hydrogen-bond acceptors (Lipinski definition) is 4. The predicted molar refractivity (Wildman–Crippen MR) is 56.9 cm³/mol. The van der Waals surface area contributed by atoms with Gasteiger partial charge in [-0.3, -0.25) is 0 Å². The Kier molecular flexibility index (Phi) is 7.80. The monoisotopic (exact) mass is 223 g/mol. The molecule has 0 fully saturated rings. The van der Waals surface area contributed by atoms with E-state index in [2.05, 4.69) is 4.98 Å². The zero-order valence-electron chi connectivity index (χ0n) is 6.34. The lowest BCUT2D eigenvalue weighted by Gasteiger charge is -1.95. The van der Waals surface area contributed by atoms with Gasteiger partial charge in [0.25, 0.3) is 0 Å². The van der Waals surface area contributed by atoms with Gasteiger partial charge in [-0.2, -0.15) is 0 Å². The first-order chi connectivity index (χ1) is 5.43. The Labute approximate surface area is 86.0 Å². The molecule has 5 heteroatoms. The molecule has 12 heavy (non-hydrogen) atoms. The number of aliphatic hydroxyl groups excluding tert-OH is 1. The van der Waals surface area contributed by atoms with Crippen LogP contribution in [0.25, 0.3) is 0 Å². The summed E-state index contributed by atoms with van der Waals surface area (Å²) >= 11 is 0. The lowest BCUT2D eigenvalue weighted by atomic mass is 10.5. The van der Waals surface area contributed by atoms with Crippen LogP contribution in [0, 0.1) is 0 Å². The van der Waals surface area contributed by atoms with E-state index in [9.17, 15) is 0 Å². The molecule has 0 unspecified atom stereocenters. The maximum atomic E-state index is 8.49. The van der Waals surface area contributed by atoms with E-state index in [0.717, 1.165) is 10.8 Å². The Balaban J connectivity index is 0.00000121. The van der Waals surface area contributed by atoms with E-state index in [4.69, 9.17) is 5.11 Å². The predicted octanol–water partition coefficient (Wildman–Crippen LogP) is 2.24. The molecule has 0 atom stereocenters. The Morgan fingerprint density at radius 1 is 1.42 bits per heavy atom. The zero-order chi connectivity index (χ0) is 7.94. The van der Waals surface area contributed by atoms with Crippen molar-refractivity contribution in [2.24, 2.45) is 0 Å². The molecule has 0 aliphatic carbocycles. The van der Waals surface area contributed by atoms with Gasteiger partial charge in [-0.05, 0) is 22.9 Å². The van der Waals surface area contributed by atoms with Gasteiger partial charge in [-0.15, -0.1) is 12.4 Å². The molecule has 0 saturated heterocycles. The first-order valence-electron chi connectivity index (χ1n) is 3.25. The highest BCUT2D eigenvalue weighted by atomic mass is 35.5. The highest BCUT2D eigenvalue weighted by Gasteiger charge is 1.92. The van der Waals surface area contributed by atoms with Crippen molar-refractivity contribution < 1.29 is 5.11 Å². The summed E-state index contributed by atoms with van der Waals surface area (Å²) in [6.45, 7) is 0.227. The van der Waals surface area contributed by atoms with E-state index >= 15 is 0 Å². The lowest BCUT2D eigenvalue weighted by molar-refractivity contribution is 0.323. The van der Waals surface area contributed by atoms with Crippen LogP contribution in [0.2, 0.25) is 0 Å². The molecule has 0 bridgehead atoms. The largest absolute Gasteiger partial charge is 0.395 e. The van der Waals surface area contributed by atoms with Gasteiger partial charge in [0.05, 0.1) is 6.61 Å². The summed E-state index contributed by atoms with van der Waals surface area (Å²) in [7, 11) is 3.20. The molecule has 1 aromatic rings. The van der Waals surface area contributed by atoms with Gasteiger partial charge in [-0.25, -0.2) is 4.98 Å². The number of pyridine rings is 1. The van der Waals surface area contributed by atoms with Crippen molar-refractivity contribution >= 4 is 34.0 Å². The third-order valence-electron chi connectivity index (χ3n) is 0.957. The van der Waals surface area contributed by atoms with Crippen LogP contribution >= 0.6 is 34.0 Å². The third kappa shape index (κ3) is 4.87. The summed E-state index contributed by atoms with van der Waals surface area (Å²) in [6.07, 6.45) is 1.77. The minimum Gasteiger partial charge on any atom is -0.395 e. The number of halogens is 1. The SMILES string of the molecule is Cl.OCCSSc1ccccn1. The van der Waals surface area contributed by atoms with Crippen molar-refractivity contribution in [3.63, 3.8) is 0 Å². The first kappa shape index (κ1) is 12.1. The van der Waals surface area contributed by atoms with Gasteiger partial charge in [-0.1, -0.05) is 16.9 Å². The van der Waals surface area contributed by atoms with Crippen molar-refractivity contribution in [2.45, 2.75) is 5.03 Å². The van der Waals surface area contributed by atoms with Crippen molar-refractivity contribution in [3.8, 4) is 0 Å². The third-order valence-corrected chi connectivity index (χ3v) is 3.20. The molecule has 1 aromatic heterocycles. The summed E-state index contributed by atoms with van der Waals surface area (Å²) < 4.78 is 0. The number of hydrogen-bond donors (Lipinski definition) is 1. The average Bonchev–Trinajstić information content (AvgIpc) is 2.07. The Hall–Kier alpha value is 0.1000. The van der Waals surface area contributed by atoms with E-state index in [1.807, 2.05) is 18.2 Å². The topological polar surface area (TPSA) is 33.1 Å². The smallest absolute Gasteiger partial charge is 0.106 e. The average molecular weight is 224 g/mol. The highest BCUT2D eigenvalue weighted by Crippen LogP contribution is 2.27. The zero-order valence-corrected chi connectivity index (χ0v) is 8.79. The van der Waals surface area contributed by atoms with Crippen molar-refractivity contribution in [1.29, 1.82) is 0 Å². The Bertz CT molecular complexity index is 198. The van der Waals surface area contributed by atoms with Crippen LogP contribution < -0.4 is 0 Å². The van der Waals surface area contributed by atoms with Crippen LogP contribution in [-0.4, -0.2) is 22.5 Å². The Morgan fingerprint density at radius 2 is 2.25 bits per heavy atom. The summed E-state index contributed by atoms with van der Waals surface area (Å²) in [5.74, 6) is 0.751. The fourth-order valence-corrected chi connectivity index (χ4v) is 2.18. The molecule has 2 nitrogen and oxygen atoms in total. The van der Waals surface area contributed by atoms with Crippen molar-refractivity contribution in [2.75, 3.05) is 12.4 Å². The van der Waals surface area contributed by atoms with Gasteiger partial charge < -0.3 is 5.11 Å². The normalized spacial score (nSPS) is 9.08. The van der Waals surface area contributed by atoms with Crippen LogP contribution in [0.15, 0.2) is 29.4 Å².